The smallest absolute Gasteiger partial charge is 0.193 e. The minimum Gasteiger partial charge on any atom is -0.487 e. The predicted molar refractivity (Wildman–Crippen MR) is 88.4 cm³/mol. The molecule has 0 unspecified atom stereocenters. The standard InChI is InChI=1S/C20H17FNO2/c21-18-6-8-19(9-7-18)24-15-14-22-12-10-17(11-13-22)20(23)16-4-2-1-3-5-16/h1-13H,14-15H2/q+1. The number of aromatic nitrogens is 1. The largest absolute Gasteiger partial charge is 0.487 e. The van der Waals surface area contributed by atoms with E-state index in [-0.39, 0.29) is 11.6 Å². The van der Waals surface area contributed by atoms with Gasteiger partial charge < -0.3 is 4.74 Å². The normalized spacial score (nSPS) is 10.4. The van der Waals surface area contributed by atoms with Gasteiger partial charge in [-0.1, -0.05) is 30.3 Å². The van der Waals surface area contributed by atoms with E-state index in [0.717, 1.165) is 0 Å². The van der Waals surface area contributed by atoms with Crippen molar-refractivity contribution in [1.29, 1.82) is 0 Å². The maximum absolute atomic E-state index is 12.8. The van der Waals surface area contributed by atoms with Crippen LogP contribution in [0.3, 0.4) is 0 Å². The Labute approximate surface area is 140 Å². The third-order valence-electron chi connectivity index (χ3n) is 3.62. The monoisotopic (exact) mass is 322 g/mol. The van der Waals surface area contributed by atoms with Gasteiger partial charge in [0, 0.05) is 23.3 Å². The first-order valence-corrected chi connectivity index (χ1v) is 7.69. The summed E-state index contributed by atoms with van der Waals surface area (Å²) in [4.78, 5) is 12.3. The van der Waals surface area contributed by atoms with E-state index in [1.807, 2.05) is 35.2 Å². The Morgan fingerprint density at radius 1 is 0.875 bits per heavy atom. The lowest BCUT2D eigenvalue weighted by Crippen LogP contribution is -2.36. The van der Waals surface area contributed by atoms with Crippen LogP contribution in [0.15, 0.2) is 79.1 Å². The molecule has 0 amide bonds. The van der Waals surface area contributed by atoms with Gasteiger partial charge in [-0.05, 0) is 24.3 Å². The molecule has 0 atom stereocenters. The van der Waals surface area contributed by atoms with E-state index in [4.69, 9.17) is 4.74 Å². The van der Waals surface area contributed by atoms with Crippen LogP contribution < -0.4 is 9.30 Å². The van der Waals surface area contributed by atoms with Gasteiger partial charge in [0.05, 0.1) is 0 Å². The fraction of sp³-hybridized carbons (Fsp3) is 0.100. The number of ketones is 1. The Kier molecular flexibility index (Phi) is 4.96. The van der Waals surface area contributed by atoms with E-state index in [9.17, 15) is 9.18 Å². The number of carbonyl (C=O) groups excluding carboxylic acids is 1. The lowest BCUT2D eigenvalue weighted by Gasteiger charge is -2.04. The average molecular weight is 322 g/mol. The fourth-order valence-corrected chi connectivity index (χ4v) is 2.31. The Bertz CT molecular complexity index is 799. The zero-order chi connectivity index (χ0) is 16.8. The molecule has 0 saturated carbocycles. The average Bonchev–Trinajstić information content (AvgIpc) is 2.64. The molecule has 0 N–H and O–H groups in total. The highest BCUT2D eigenvalue weighted by molar-refractivity contribution is 6.08. The zero-order valence-corrected chi connectivity index (χ0v) is 13.1. The third-order valence-corrected chi connectivity index (χ3v) is 3.62. The van der Waals surface area contributed by atoms with Crippen molar-refractivity contribution in [3.8, 4) is 5.75 Å². The molecule has 0 saturated heterocycles. The molecular formula is C20H17FNO2+. The number of nitrogens with zero attached hydrogens (tertiary/aromatic N) is 1. The molecule has 0 aliphatic rings. The molecule has 0 radical (unpaired) electrons. The number of hydrogen-bond acceptors (Lipinski definition) is 2. The Morgan fingerprint density at radius 3 is 2.17 bits per heavy atom. The summed E-state index contributed by atoms with van der Waals surface area (Å²) >= 11 is 0. The van der Waals surface area contributed by atoms with Crippen molar-refractivity contribution < 1.29 is 18.5 Å². The minimum atomic E-state index is -0.282. The molecule has 1 heterocycles. The topological polar surface area (TPSA) is 30.2 Å². The van der Waals surface area contributed by atoms with Gasteiger partial charge in [0.1, 0.15) is 18.2 Å². The van der Waals surface area contributed by atoms with Crippen molar-refractivity contribution in [3.05, 3.63) is 96.1 Å². The van der Waals surface area contributed by atoms with Crippen LogP contribution in [0, 0.1) is 5.82 Å². The van der Waals surface area contributed by atoms with Crippen molar-refractivity contribution in [3.63, 3.8) is 0 Å². The Balaban J connectivity index is 1.56. The second-order valence-corrected chi connectivity index (χ2v) is 5.32. The number of carbonyl (C=O) groups is 1. The summed E-state index contributed by atoms with van der Waals surface area (Å²) in [6, 6.07) is 18.7. The zero-order valence-electron chi connectivity index (χ0n) is 13.1. The molecular weight excluding hydrogens is 305 g/mol. The lowest BCUT2D eigenvalue weighted by molar-refractivity contribution is -0.697. The molecule has 4 heteroatoms. The quantitative estimate of drug-likeness (QED) is 0.514. The second kappa shape index (κ2) is 7.51. The van der Waals surface area contributed by atoms with Gasteiger partial charge in [0.25, 0.3) is 0 Å². The van der Waals surface area contributed by atoms with Gasteiger partial charge >= 0.3 is 0 Å². The summed E-state index contributed by atoms with van der Waals surface area (Å²) in [5, 5.41) is 0. The Hall–Kier alpha value is -3.01. The molecule has 1 aromatic heterocycles. The molecule has 24 heavy (non-hydrogen) atoms. The van der Waals surface area contributed by atoms with Gasteiger partial charge in [-0.25, -0.2) is 8.96 Å². The van der Waals surface area contributed by atoms with Crippen LogP contribution in [-0.2, 0) is 6.54 Å². The summed E-state index contributed by atoms with van der Waals surface area (Å²) in [6.07, 6.45) is 3.70. The molecule has 3 aromatic rings. The number of ether oxygens (including phenoxy) is 1. The molecule has 2 aromatic carbocycles. The molecule has 120 valence electrons. The highest BCUT2D eigenvalue weighted by atomic mass is 19.1. The molecule has 0 fully saturated rings. The van der Waals surface area contributed by atoms with Crippen LogP contribution >= 0.6 is 0 Å². The molecule has 3 nitrogen and oxygen atoms in total. The molecule has 3 rings (SSSR count). The van der Waals surface area contributed by atoms with Crippen LogP contribution in [-0.4, -0.2) is 12.4 Å². The van der Waals surface area contributed by atoms with E-state index >= 15 is 0 Å². The first-order valence-electron chi connectivity index (χ1n) is 7.69. The van der Waals surface area contributed by atoms with Crippen LogP contribution in [0.2, 0.25) is 0 Å². The van der Waals surface area contributed by atoms with E-state index in [1.165, 1.54) is 12.1 Å². The highest BCUT2D eigenvalue weighted by Crippen LogP contribution is 2.11. The minimum absolute atomic E-state index is 0.00492. The fourth-order valence-electron chi connectivity index (χ4n) is 2.31. The van der Waals surface area contributed by atoms with E-state index in [1.54, 1.807) is 36.4 Å². The summed E-state index contributed by atoms with van der Waals surface area (Å²) in [7, 11) is 0. The molecule has 0 aliphatic heterocycles. The van der Waals surface area contributed by atoms with Crippen molar-refractivity contribution in [2.75, 3.05) is 6.61 Å². The van der Waals surface area contributed by atoms with Crippen molar-refractivity contribution in [2.45, 2.75) is 6.54 Å². The van der Waals surface area contributed by atoms with Crippen LogP contribution in [0.5, 0.6) is 5.75 Å². The number of benzene rings is 2. The van der Waals surface area contributed by atoms with Gasteiger partial charge in [0.15, 0.2) is 24.7 Å². The van der Waals surface area contributed by atoms with Crippen molar-refractivity contribution >= 4 is 5.78 Å². The number of pyridine rings is 1. The van der Waals surface area contributed by atoms with Gasteiger partial charge in [-0.3, -0.25) is 4.79 Å². The second-order valence-electron chi connectivity index (χ2n) is 5.32. The van der Waals surface area contributed by atoms with Crippen molar-refractivity contribution in [2.24, 2.45) is 0 Å². The van der Waals surface area contributed by atoms with Crippen LogP contribution in [0.25, 0.3) is 0 Å². The van der Waals surface area contributed by atoms with Crippen molar-refractivity contribution in [1.82, 2.24) is 0 Å². The number of halogens is 1. The summed E-state index contributed by atoms with van der Waals surface area (Å²) < 4.78 is 20.3. The van der Waals surface area contributed by atoms with E-state index in [2.05, 4.69) is 0 Å². The number of rotatable bonds is 6. The van der Waals surface area contributed by atoms with Crippen LogP contribution in [0.4, 0.5) is 4.39 Å². The lowest BCUT2D eigenvalue weighted by atomic mass is 10.0. The third kappa shape index (κ3) is 4.04. The highest BCUT2D eigenvalue weighted by Gasteiger charge is 2.10. The van der Waals surface area contributed by atoms with E-state index < -0.39 is 0 Å². The predicted octanol–water partition coefficient (Wildman–Crippen LogP) is 3.42. The summed E-state index contributed by atoms with van der Waals surface area (Å²) in [6.45, 7) is 1.10. The van der Waals surface area contributed by atoms with Crippen LogP contribution in [0.1, 0.15) is 15.9 Å². The maximum atomic E-state index is 12.8. The molecule has 0 bridgehead atoms. The Morgan fingerprint density at radius 2 is 1.50 bits per heavy atom. The first-order chi connectivity index (χ1) is 11.7. The first kappa shape index (κ1) is 15.9. The van der Waals surface area contributed by atoms with Gasteiger partial charge in [0.2, 0.25) is 0 Å². The molecule has 0 aliphatic carbocycles. The van der Waals surface area contributed by atoms with E-state index in [0.29, 0.717) is 30.0 Å². The maximum Gasteiger partial charge on any atom is 0.193 e. The molecule has 0 spiro atoms. The SMILES string of the molecule is O=C(c1ccccc1)c1cc[n+](CCOc2ccc(F)cc2)cc1. The summed E-state index contributed by atoms with van der Waals surface area (Å²) in [5.74, 6) is 0.355. The van der Waals surface area contributed by atoms with Gasteiger partial charge in [-0.2, -0.15) is 0 Å². The summed E-state index contributed by atoms with van der Waals surface area (Å²) in [5.41, 5.74) is 1.33. The van der Waals surface area contributed by atoms with Gasteiger partial charge in [-0.15, -0.1) is 0 Å². The number of hydrogen-bond donors (Lipinski definition) is 0.